The van der Waals surface area contributed by atoms with E-state index in [1.165, 1.54) is 11.8 Å². The number of fused-ring (bicyclic) bond motifs is 1. The molecule has 1 aromatic heterocycles. The summed E-state index contributed by atoms with van der Waals surface area (Å²) in [6.45, 7) is 2.32. The van der Waals surface area contributed by atoms with Crippen LogP contribution in [-0.2, 0) is 22.5 Å². The minimum absolute atomic E-state index is 0.0577. The van der Waals surface area contributed by atoms with Gasteiger partial charge in [0.15, 0.2) is 11.5 Å². The van der Waals surface area contributed by atoms with Crippen molar-refractivity contribution in [3.63, 3.8) is 0 Å². The molecule has 0 bridgehead atoms. The molecule has 2 heterocycles. The second kappa shape index (κ2) is 8.28. The van der Waals surface area contributed by atoms with Crippen molar-refractivity contribution in [2.24, 2.45) is 4.99 Å². The van der Waals surface area contributed by atoms with Gasteiger partial charge in [0, 0.05) is 5.71 Å². The fraction of sp³-hybridized carbons (Fsp3) is 0.227. The van der Waals surface area contributed by atoms with Crippen LogP contribution in [0.25, 0.3) is 5.69 Å². The van der Waals surface area contributed by atoms with E-state index in [2.05, 4.69) is 10.1 Å². The van der Waals surface area contributed by atoms with Crippen LogP contribution >= 0.6 is 0 Å². The highest BCUT2D eigenvalue weighted by Crippen LogP contribution is 2.32. The van der Waals surface area contributed by atoms with E-state index >= 15 is 0 Å². The number of rotatable bonds is 6. The third-order valence-electron chi connectivity index (χ3n) is 4.83. The maximum absolute atomic E-state index is 13.1. The molecular formula is C22H21N3O5. The molecule has 0 amide bonds. The Bertz CT molecular complexity index is 1160. The van der Waals surface area contributed by atoms with Crippen LogP contribution in [0.1, 0.15) is 23.7 Å². The molecule has 2 aromatic carbocycles. The molecule has 1 N–H and O–H groups in total. The second-order valence-electron chi connectivity index (χ2n) is 6.78. The number of aliphatic imine (C=N–C) groups is 1. The molecule has 3 aromatic rings. The molecule has 8 nitrogen and oxygen atoms in total. The van der Waals surface area contributed by atoms with Gasteiger partial charge in [-0.3, -0.25) is 19.7 Å². The number of para-hydroxylation sites is 1. The van der Waals surface area contributed by atoms with Crippen LogP contribution in [0.4, 0.5) is 0 Å². The normalized spacial score (nSPS) is 12.8. The molecule has 0 fully saturated rings. The second-order valence-corrected chi connectivity index (χ2v) is 6.78. The minimum Gasteiger partial charge on any atom is -0.469 e. The van der Waals surface area contributed by atoms with Crippen LogP contribution in [0.2, 0.25) is 0 Å². The quantitative estimate of drug-likeness (QED) is 0.501. The predicted molar refractivity (Wildman–Crippen MR) is 111 cm³/mol. The van der Waals surface area contributed by atoms with Crippen molar-refractivity contribution in [1.29, 1.82) is 0 Å². The summed E-state index contributed by atoms with van der Waals surface area (Å²) >= 11 is 0. The molecule has 0 atom stereocenters. The van der Waals surface area contributed by atoms with E-state index in [0.717, 1.165) is 5.56 Å². The van der Waals surface area contributed by atoms with Gasteiger partial charge in [-0.2, -0.15) is 0 Å². The summed E-state index contributed by atoms with van der Waals surface area (Å²) < 4.78 is 16.9. The molecule has 0 spiro atoms. The summed E-state index contributed by atoms with van der Waals surface area (Å²) in [4.78, 5) is 29.6. The number of aromatic nitrogens is 2. The van der Waals surface area contributed by atoms with Gasteiger partial charge in [0.1, 0.15) is 0 Å². The molecule has 0 unspecified atom stereocenters. The molecule has 30 heavy (non-hydrogen) atoms. The van der Waals surface area contributed by atoms with Gasteiger partial charge in [0.05, 0.1) is 37.0 Å². The van der Waals surface area contributed by atoms with Crippen molar-refractivity contribution in [3.05, 3.63) is 75.7 Å². The highest BCUT2D eigenvalue weighted by Gasteiger charge is 2.20. The lowest BCUT2D eigenvalue weighted by Crippen LogP contribution is -2.20. The lowest BCUT2D eigenvalue weighted by atomic mass is 10.1. The van der Waals surface area contributed by atoms with E-state index in [1.807, 2.05) is 48.5 Å². The van der Waals surface area contributed by atoms with Crippen LogP contribution in [0.15, 0.2) is 58.3 Å². The number of carbonyl (C=O) groups is 1. The Morgan fingerprint density at radius 2 is 1.93 bits per heavy atom. The number of H-pyrrole nitrogens is 1. The summed E-state index contributed by atoms with van der Waals surface area (Å²) in [7, 11) is 1.31. The number of aromatic amines is 1. The van der Waals surface area contributed by atoms with Gasteiger partial charge in [-0.25, -0.2) is 4.68 Å². The Balaban J connectivity index is 1.68. The number of hydrogen-bond acceptors (Lipinski definition) is 6. The molecular weight excluding hydrogens is 386 g/mol. The van der Waals surface area contributed by atoms with E-state index in [-0.39, 0.29) is 18.8 Å². The first kappa shape index (κ1) is 19.5. The van der Waals surface area contributed by atoms with Crippen molar-refractivity contribution in [2.75, 3.05) is 13.9 Å². The zero-order valence-electron chi connectivity index (χ0n) is 16.7. The van der Waals surface area contributed by atoms with Gasteiger partial charge in [0.25, 0.3) is 5.56 Å². The third-order valence-corrected chi connectivity index (χ3v) is 4.83. The Morgan fingerprint density at radius 1 is 1.17 bits per heavy atom. The molecule has 1 aliphatic heterocycles. The molecule has 4 rings (SSSR count). The first-order chi connectivity index (χ1) is 14.6. The monoisotopic (exact) mass is 407 g/mol. The number of nitrogens with one attached hydrogen (secondary N) is 1. The molecule has 1 aliphatic rings. The van der Waals surface area contributed by atoms with Gasteiger partial charge in [-0.15, -0.1) is 0 Å². The van der Waals surface area contributed by atoms with Gasteiger partial charge in [-0.1, -0.05) is 24.3 Å². The van der Waals surface area contributed by atoms with Gasteiger partial charge >= 0.3 is 5.97 Å². The van der Waals surface area contributed by atoms with E-state index < -0.39 is 5.97 Å². The Hall–Kier alpha value is -3.81. The van der Waals surface area contributed by atoms with Crippen LogP contribution in [0, 0.1) is 0 Å². The smallest absolute Gasteiger partial charge is 0.311 e. The Kier molecular flexibility index (Phi) is 5.38. The fourth-order valence-electron chi connectivity index (χ4n) is 3.29. The number of methoxy groups -OCH3 is 1. The zero-order valence-corrected chi connectivity index (χ0v) is 16.7. The van der Waals surface area contributed by atoms with Crippen LogP contribution < -0.4 is 15.0 Å². The van der Waals surface area contributed by atoms with Crippen molar-refractivity contribution in [3.8, 4) is 17.2 Å². The maximum Gasteiger partial charge on any atom is 0.311 e. The van der Waals surface area contributed by atoms with Crippen LogP contribution in [-0.4, -0.2) is 35.4 Å². The fourth-order valence-corrected chi connectivity index (χ4v) is 3.29. The van der Waals surface area contributed by atoms with Crippen molar-refractivity contribution in [2.45, 2.75) is 19.9 Å². The third kappa shape index (κ3) is 3.84. The number of benzene rings is 2. The highest BCUT2D eigenvalue weighted by atomic mass is 16.7. The van der Waals surface area contributed by atoms with Gasteiger partial charge in [0.2, 0.25) is 6.79 Å². The Labute approximate surface area is 172 Å². The summed E-state index contributed by atoms with van der Waals surface area (Å²) in [6, 6.07) is 14.8. The number of nitrogens with zero attached hydrogens (tertiary/aromatic N) is 2. The van der Waals surface area contributed by atoms with Crippen LogP contribution in [0.5, 0.6) is 11.5 Å². The average Bonchev–Trinajstić information content (AvgIpc) is 3.36. The predicted octanol–water partition coefficient (Wildman–Crippen LogP) is 2.62. The van der Waals surface area contributed by atoms with E-state index in [4.69, 9.17) is 14.2 Å². The van der Waals surface area contributed by atoms with Crippen LogP contribution in [0.3, 0.4) is 0 Å². The topological polar surface area (TPSA) is 94.9 Å². The van der Waals surface area contributed by atoms with E-state index in [1.54, 1.807) is 6.92 Å². The number of hydrogen-bond donors (Lipinski definition) is 1. The summed E-state index contributed by atoms with van der Waals surface area (Å²) in [5.41, 5.74) is 2.68. The largest absolute Gasteiger partial charge is 0.469 e. The first-order valence-electron chi connectivity index (χ1n) is 9.43. The van der Waals surface area contributed by atoms with Crippen molar-refractivity contribution >= 4 is 11.7 Å². The Morgan fingerprint density at radius 3 is 2.70 bits per heavy atom. The maximum atomic E-state index is 13.1. The summed E-state index contributed by atoms with van der Waals surface area (Å²) in [5.74, 6) is 0.942. The summed E-state index contributed by atoms with van der Waals surface area (Å²) in [6.07, 6.45) is -0.0577. The summed E-state index contributed by atoms with van der Waals surface area (Å²) in [5, 5.41) is 3.03. The lowest BCUT2D eigenvalue weighted by molar-refractivity contribution is -0.139. The van der Waals surface area contributed by atoms with Crippen molar-refractivity contribution < 1.29 is 19.0 Å². The number of carbonyl (C=O) groups excluding carboxylic acids is 1. The molecule has 0 aliphatic carbocycles. The van der Waals surface area contributed by atoms with Gasteiger partial charge in [-0.05, 0) is 36.8 Å². The van der Waals surface area contributed by atoms with Crippen molar-refractivity contribution in [1.82, 2.24) is 9.78 Å². The molecule has 8 heteroatoms. The standard InChI is InChI=1S/C22H21N3O5/c1-14(23-12-15-8-9-18-19(10-15)30-13-29-18)21-17(11-20(26)28-2)24-25(22(21)27)16-6-4-3-5-7-16/h3-10,24H,11-13H2,1-2H3. The van der Waals surface area contributed by atoms with E-state index in [9.17, 15) is 9.59 Å². The number of ether oxygens (including phenoxy) is 3. The molecule has 0 radical (unpaired) electrons. The average molecular weight is 407 g/mol. The van der Waals surface area contributed by atoms with E-state index in [0.29, 0.717) is 40.7 Å². The SMILES string of the molecule is COC(=O)Cc1[nH]n(-c2ccccc2)c(=O)c1C(C)=NCc1ccc2c(c1)OCO2. The number of esters is 1. The minimum atomic E-state index is -0.443. The molecule has 0 saturated carbocycles. The van der Waals surface area contributed by atoms with Gasteiger partial charge < -0.3 is 14.2 Å². The highest BCUT2D eigenvalue weighted by molar-refractivity contribution is 6.00. The molecule has 0 saturated heterocycles. The first-order valence-corrected chi connectivity index (χ1v) is 9.43. The zero-order chi connectivity index (χ0) is 21.1. The molecule has 154 valence electrons. The lowest BCUT2D eigenvalue weighted by Gasteiger charge is -2.03.